The highest BCUT2D eigenvalue weighted by Gasteiger charge is 2.32. The van der Waals surface area contributed by atoms with E-state index < -0.39 is 9.84 Å². The van der Waals surface area contributed by atoms with Crippen molar-refractivity contribution in [2.45, 2.75) is 16.8 Å². The number of hydrogen-bond acceptors (Lipinski definition) is 6. The Labute approximate surface area is 172 Å². The van der Waals surface area contributed by atoms with Crippen LogP contribution in [0.2, 0.25) is 0 Å². The molecule has 0 amide bonds. The van der Waals surface area contributed by atoms with Crippen LogP contribution >= 0.6 is 15.9 Å². The minimum absolute atomic E-state index is 0.0602. The molecule has 28 heavy (non-hydrogen) atoms. The number of hydrogen-bond donors (Lipinski definition) is 0. The van der Waals surface area contributed by atoms with Gasteiger partial charge in [-0.1, -0.05) is 34.1 Å². The van der Waals surface area contributed by atoms with E-state index in [9.17, 15) is 8.42 Å². The summed E-state index contributed by atoms with van der Waals surface area (Å²) in [6.45, 7) is 4.06. The fourth-order valence-corrected chi connectivity index (χ4v) is 4.68. The number of oxazole rings is 1. The van der Waals surface area contributed by atoms with Crippen molar-refractivity contribution >= 4 is 31.7 Å². The zero-order valence-corrected chi connectivity index (χ0v) is 17.7. The molecule has 0 unspecified atom stereocenters. The van der Waals surface area contributed by atoms with Crippen LogP contribution in [0.5, 0.6) is 0 Å². The number of morpholine rings is 1. The molecule has 0 N–H and O–H groups in total. The Morgan fingerprint density at radius 2 is 1.71 bits per heavy atom. The lowest BCUT2D eigenvalue weighted by atomic mass is 10.1. The van der Waals surface area contributed by atoms with E-state index in [-0.39, 0.29) is 15.8 Å². The van der Waals surface area contributed by atoms with Crippen LogP contribution in [0.3, 0.4) is 0 Å². The Kier molecular flexibility index (Phi) is 5.27. The summed E-state index contributed by atoms with van der Waals surface area (Å²) in [5, 5.41) is -0.0602. The first kappa shape index (κ1) is 19.2. The molecule has 6 nitrogen and oxygen atoms in total. The van der Waals surface area contributed by atoms with E-state index in [0.717, 1.165) is 15.6 Å². The van der Waals surface area contributed by atoms with E-state index in [1.165, 1.54) is 0 Å². The number of aryl methyl sites for hydroxylation is 1. The molecule has 0 aliphatic carbocycles. The van der Waals surface area contributed by atoms with Gasteiger partial charge in [-0.15, -0.1) is 0 Å². The number of ether oxygens (including phenoxy) is 1. The zero-order chi connectivity index (χ0) is 19.7. The van der Waals surface area contributed by atoms with Crippen LogP contribution in [0.25, 0.3) is 11.5 Å². The summed E-state index contributed by atoms with van der Waals surface area (Å²) in [6.07, 6.45) is 0. The normalized spacial score (nSPS) is 15.0. The summed E-state index contributed by atoms with van der Waals surface area (Å²) < 4.78 is 38.9. The van der Waals surface area contributed by atoms with Gasteiger partial charge in [0.25, 0.3) is 0 Å². The van der Waals surface area contributed by atoms with Crippen molar-refractivity contribution in [3.05, 3.63) is 58.6 Å². The maximum absolute atomic E-state index is 13.3. The first-order valence-electron chi connectivity index (χ1n) is 8.87. The molecule has 0 saturated carbocycles. The molecule has 2 heterocycles. The summed E-state index contributed by atoms with van der Waals surface area (Å²) in [4.78, 5) is 6.49. The summed E-state index contributed by atoms with van der Waals surface area (Å²) in [6, 6.07) is 14.1. The topological polar surface area (TPSA) is 72.6 Å². The lowest BCUT2D eigenvalue weighted by molar-refractivity contribution is 0.120. The Morgan fingerprint density at radius 1 is 1.04 bits per heavy atom. The molecule has 1 fully saturated rings. The number of benzene rings is 2. The highest BCUT2D eigenvalue weighted by atomic mass is 79.9. The van der Waals surface area contributed by atoms with Crippen LogP contribution in [0.15, 0.2) is 67.3 Å². The second kappa shape index (κ2) is 7.69. The fourth-order valence-electron chi connectivity index (χ4n) is 3.09. The van der Waals surface area contributed by atoms with Crippen molar-refractivity contribution < 1.29 is 17.6 Å². The van der Waals surface area contributed by atoms with E-state index in [1.807, 2.05) is 36.1 Å². The van der Waals surface area contributed by atoms with Crippen LogP contribution in [-0.4, -0.2) is 39.7 Å². The second-order valence-corrected chi connectivity index (χ2v) is 9.28. The third kappa shape index (κ3) is 3.59. The van der Waals surface area contributed by atoms with Gasteiger partial charge >= 0.3 is 0 Å². The first-order chi connectivity index (χ1) is 13.5. The van der Waals surface area contributed by atoms with E-state index in [4.69, 9.17) is 9.15 Å². The van der Waals surface area contributed by atoms with Gasteiger partial charge in [-0.25, -0.2) is 8.42 Å². The van der Waals surface area contributed by atoms with Gasteiger partial charge in [-0.2, -0.15) is 4.98 Å². The molecule has 0 radical (unpaired) electrons. The van der Waals surface area contributed by atoms with E-state index >= 15 is 0 Å². The summed E-state index contributed by atoms with van der Waals surface area (Å²) in [7, 11) is -3.84. The van der Waals surface area contributed by atoms with Gasteiger partial charge in [0.05, 0.1) is 18.1 Å². The first-order valence-corrected chi connectivity index (χ1v) is 11.1. The van der Waals surface area contributed by atoms with Gasteiger partial charge in [-0.3, -0.25) is 0 Å². The Morgan fingerprint density at radius 3 is 2.39 bits per heavy atom. The number of anilines is 1. The Balaban J connectivity index is 1.87. The maximum atomic E-state index is 13.3. The molecular weight excluding hydrogens is 444 g/mol. The van der Waals surface area contributed by atoms with Crippen molar-refractivity contribution in [3.8, 4) is 11.5 Å². The minimum atomic E-state index is -3.84. The maximum Gasteiger partial charge on any atom is 0.236 e. The summed E-state index contributed by atoms with van der Waals surface area (Å²) >= 11 is 3.34. The largest absolute Gasteiger partial charge is 0.419 e. The number of aromatic nitrogens is 1. The highest BCUT2D eigenvalue weighted by molar-refractivity contribution is 9.10. The van der Waals surface area contributed by atoms with Crippen molar-refractivity contribution in [2.75, 3.05) is 31.2 Å². The molecule has 4 rings (SSSR count). The van der Waals surface area contributed by atoms with E-state index in [0.29, 0.717) is 32.2 Å². The van der Waals surface area contributed by atoms with Crippen LogP contribution < -0.4 is 4.90 Å². The Bertz CT molecular complexity index is 1090. The molecule has 1 aliphatic rings. The lowest BCUT2D eigenvalue weighted by Crippen LogP contribution is -2.36. The van der Waals surface area contributed by atoms with Crippen LogP contribution in [-0.2, 0) is 14.6 Å². The Hall–Kier alpha value is -2.16. The van der Waals surface area contributed by atoms with Crippen molar-refractivity contribution in [1.29, 1.82) is 0 Å². The van der Waals surface area contributed by atoms with Crippen molar-refractivity contribution in [2.24, 2.45) is 0 Å². The van der Waals surface area contributed by atoms with Gasteiger partial charge in [0.15, 0.2) is 0 Å². The zero-order valence-electron chi connectivity index (χ0n) is 15.3. The second-order valence-electron chi connectivity index (χ2n) is 6.50. The van der Waals surface area contributed by atoms with Gasteiger partial charge in [0.1, 0.15) is 0 Å². The van der Waals surface area contributed by atoms with Crippen LogP contribution in [0.1, 0.15) is 5.56 Å². The number of sulfone groups is 1. The molecule has 0 bridgehead atoms. The summed E-state index contributed by atoms with van der Waals surface area (Å²) in [5.74, 6) is 0.569. The number of halogens is 1. The third-order valence-corrected chi connectivity index (χ3v) is 6.83. The van der Waals surface area contributed by atoms with Gasteiger partial charge < -0.3 is 14.1 Å². The predicted octanol–water partition coefficient (Wildman–Crippen LogP) is 4.08. The third-order valence-electron chi connectivity index (χ3n) is 4.63. The molecule has 2 aromatic carbocycles. The van der Waals surface area contributed by atoms with Crippen molar-refractivity contribution in [3.63, 3.8) is 0 Å². The molecule has 0 atom stereocenters. The molecule has 146 valence electrons. The molecular formula is C20H19BrN2O4S. The smallest absolute Gasteiger partial charge is 0.236 e. The molecule has 1 aromatic heterocycles. The van der Waals surface area contributed by atoms with Gasteiger partial charge in [-0.05, 0) is 42.8 Å². The van der Waals surface area contributed by atoms with Crippen LogP contribution in [0, 0.1) is 6.92 Å². The summed E-state index contributed by atoms with van der Waals surface area (Å²) in [5.41, 5.74) is 1.74. The highest BCUT2D eigenvalue weighted by Crippen LogP contribution is 2.36. The molecule has 8 heteroatoms. The molecule has 0 spiro atoms. The number of rotatable bonds is 4. The quantitative estimate of drug-likeness (QED) is 0.581. The minimum Gasteiger partial charge on any atom is -0.419 e. The van der Waals surface area contributed by atoms with Gasteiger partial charge in [0, 0.05) is 23.1 Å². The van der Waals surface area contributed by atoms with Gasteiger partial charge in [0.2, 0.25) is 26.6 Å². The SMILES string of the molecule is Cc1ccccc1-c1nc(S(=O)(=O)c2ccc(Br)cc2)c(N2CCOCC2)o1. The average Bonchev–Trinajstić information content (AvgIpc) is 3.15. The lowest BCUT2D eigenvalue weighted by Gasteiger charge is -2.26. The molecule has 1 saturated heterocycles. The monoisotopic (exact) mass is 462 g/mol. The average molecular weight is 463 g/mol. The molecule has 1 aliphatic heterocycles. The number of nitrogens with zero attached hydrogens (tertiary/aromatic N) is 2. The molecule has 3 aromatic rings. The van der Waals surface area contributed by atoms with E-state index in [2.05, 4.69) is 20.9 Å². The fraction of sp³-hybridized carbons (Fsp3) is 0.250. The predicted molar refractivity (Wildman–Crippen MR) is 109 cm³/mol. The standard InChI is InChI=1S/C20H19BrN2O4S/c1-14-4-2-3-5-17(14)18-22-19(20(27-18)23-10-12-26-13-11-23)28(24,25)16-8-6-15(21)7-9-16/h2-9H,10-13H2,1H3. The van der Waals surface area contributed by atoms with Crippen LogP contribution in [0.4, 0.5) is 5.88 Å². The van der Waals surface area contributed by atoms with Crippen molar-refractivity contribution in [1.82, 2.24) is 4.98 Å². The van der Waals surface area contributed by atoms with E-state index in [1.54, 1.807) is 24.3 Å².